The van der Waals surface area contributed by atoms with E-state index in [4.69, 9.17) is 28.9 Å². The molecule has 0 fully saturated rings. The molecule has 1 aliphatic rings. The number of nitrogens with two attached hydrogens (primary N) is 1. The predicted molar refractivity (Wildman–Crippen MR) is 88.1 cm³/mol. The van der Waals surface area contributed by atoms with Crippen LogP contribution in [0.1, 0.15) is 16.8 Å². The molecule has 0 amide bonds. The molecule has 0 atom stereocenters. The highest BCUT2D eigenvalue weighted by molar-refractivity contribution is 7.98. The van der Waals surface area contributed by atoms with Crippen LogP contribution in [-0.4, -0.2) is 37.6 Å². The molecule has 2 aromatic heterocycles. The van der Waals surface area contributed by atoms with E-state index < -0.39 is 0 Å². The van der Waals surface area contributed by atoms with Gasteiger partial charge in [-0.25, -0.2) is 19.9 Å². The molecule has 0 radical (unpaired) electrons. The standard InChI is InChI=1S/C13H14Cl2N6S/c1-22-13-17-4-7-5-21(3-2-9(7)18-13)6-8-10(14)19-12(16)20-11(8)15/h4H,2-3,5-6H2,1H3,(H2,16,19,20). The third kappa shape index (κ3) is 3.27. The van der Waals surface area contributed by atoms with Gasteiger partial charge in [0.2, 0.25) is 5.95 Å². The summed E-state index contributed by atoms with van der Waals surface area (Å²) in [7, 11) is 0. The minimum Gasteiger partial charge on any atom is -0.368 e. The smallest absolute Gasteiger partial charge is 0.222 e. The first kappa shape index (κ1) is 15.7. The maximum Gasteiger partial charge on any atom is 0.222 e. The second kappa shape index (κ2) is 6.54. The Morgan fingerprint density at radius 1 is 1.27 bits per heavy atom. The van der Waals surface area contributed by atoms with E-state index in [0.29, 0.717) is 22.4 Å². The van der Waals surface area contributed by atoms with Crippen LogP contribution in [0, 0.1) is 0 Å². The van der Waals surface area contributed by atoms with Crippen molar-refractivity contribution >= 4 is 40.9 Å². The largest absolute Gasteiger partial charge is 0.368 e. The van der Waals surface area contributed by atoms with Gasteiger partial charge in [-0.1, -0.05) is 35.0 Å². The van der Waals surface area contributed by atoms with Crippen LogP contribution in [0.4, 0.5) is 5.95 Å². The van der Waals surface area contributed by atoms with Crippen molar-refractivity contribution in [2.75, 3.05) is 18.5 Å². The van der Waals surface area contributed by atoms with Gasteiger partial charge in [-0.05, 0) is 6.26 Å². The van der Waals surface area contributed by atoms with Gasteiger partial charge in [0.15, 0.2) is 5.16 Å². The summed E-state index contributed by atoms with van der Waals surface area (Å²) in [5, 5.41) is 1.42. The Hall–Kier alpha value is -1.15. The Balaban J connectivity index is 1.78. The topological polar surface area (TPSA) is 80.8 Å². The van der Waals surface area contributed by atoms with Crippen molar-refractivity contribution in [1.82, 2.24) is 24.8 Å². The quantitative estimate of drug-likeness (QED) is 0.513. The van der Waals surface area contributed by atoms with Gasteiger partial charge in [0.25, 0.3) is 0 Å². The number of anilines is 1. The molecule has 6 nitrogen and oxygen atoms in total. The fraction of sp³-hybridized carbons (Fsp3) is 0.385. The van der Waals surface area contributed by atoms with Crippen molar-refractivity contribution in [3.05, 3.63) is 33.3 Å². The molecule has 2 aromatic rings. The monoisotopic (exact) mass is 356 g/mol. The summed E-state index contributed by atoms with van der Waals surface area (Å²) in [6.07, 6.45) is 4.74. The first-order chi connectivity index (χ1) is 10.6. The molecule has 3 rings (SSSR count). The lowest BCUT2D eigenvalue weighted by atomic mass is 10.1. The fourth-order valence-corrected chi connectivity index (χ4v) is 3.27. The van der Waals surface area contributed by atoms with Gasteiger partial charge in [0.05, 0.1) is 5.69 Å². The molecule has 1 aliphatic heterocycles. The summed E-state index contributed by atoms with van der Waals surface area (Å²) in [5.74, 6) is 0.0840. The number of thioether (sulfide) groups is 1. The molecule has 116 valence electrons. The maximum atomic E-state index is 6.12. The van der Waals surface area contributed by atoms with Gasteiger partial charge < -0.3 is 5.73 Å². The molecular formula is C13H14Cl2N6S. The molecule has 0 aromatic carbocycles. The Bertz CT molecular complexity index is 688. The predicted octanol–water partition coefficient (Wildman–Crippen LogP) is 2.44. The lowest BCUT2D eigenvalue weighted by Gasteiger charge is -2.28. The van der Waals surface area contributed by atoms with E-state index in [-0.39, 0.29) is 5.95 Å². The Labute approximate surface area is 142 Å². The number of halogens is 2. The molecule has 0 saturated heterocycles. The van der Waals surface area contributed by atoms with Crippen molar-refractivity contribution in [3.63, 3.8) is 0 Å². The lowest BCUT2D eigenvalue weighted by molar-refractivity contribution is 0.241. The van der Waals surface area contributed by atoms with Crippen LogP contribution in [0.15, 0.2) is 11.4 Å². The minimum absolute atomic E-state index is 0.0840. The lowest BCUT2D eigenvalue weighted by Crippen LogP contribution is -2.31. The number of nitrogens with zero attached hydrogens (tertiary/aromatic N) is 5. The van der Waals surface area contributed by atoms with E-state index in [1.165, 1.54) is 0 Å². The molecule has 22 heavy (non-hydrogen) atoms. The van der Waals surface area contributed by atoms with Crippen LogP contribution >= 0.6 is 35.0 Å². The van der Waals surface area contributed by atoms with Crippen LogP contribution < -0.4 is 5.73 Å². The highest BCUT2D eigenvalue weighted by atomic mass is 35.5. The SMILES string of the molecule is CSc1ncc2c(n1)CCN(Cc1c(Cl)nc(N)nc1Cl)C2. The third-order valence-electron chi connectivity index (χ3n) is 3.48. The third-order valence-corrected chi connectivity index (χ3v) is 4.67. The Morgan fingerprint density at radius 3 is 2.68 bits per heavy atom. The van der Waals surface area contributed by atoms with Crippen LogP contribution in [0.2, 0.25) is 10.3 Å². The van der Waals surface area contributed by atoms with Crippen LogP contribution in [-0.2, 0) is 19.5 Å². The zero-order valence-corrected chi connectivity index (χ0v) is 14.2. The molecule has 3 heterocycles. The number of hydrogen-bond acceptors (Lipinski definition) is 7. The molecule has 0 unspecified atom stereocenters. The zero-order chi connectivity index (χ0) is 15.7. The summed E-state index contributed by atoms with van der Waals surface area (Å²) >= 11 is 13.8. The molecule has 0 bridgehead atoms. The van der Waals surface area contributed by atoms with Gasteiger partial charge in [0, 0.05) is 43.4 Å². The van der Waals surface area contributed by atoms with Gasteiger partial charge >= 0.3 is 0 Å². The van der Waals surface area contributed by atoms with Gasteiger partial charge in [0.1, 0.15) is 10.3 Å². The second-order valence-electron chi connectivity index (χ2n) is 4.93. The van der Waals surface area contributed by atoms with E-state index in [0.717, 1.165) is 35.9 Å². The number of aromatic nitrogens is 4. The zero-order valence-electron chi connectivity index (χ0n) is 11.9. The minimum atomic E-state index is 0.0840. The summed E-state index contributed by atoms with van der Waals surface area (Å²) in [4.78, 5) is 19.0. The van der Waals surface area contributed by atoms with Crippen molar-refractivity contribution in [2.24, 2.45) is 0 Å². The molecule has 2 N–H and O–H groups in total. The first-order valence-electron chi connectivity index (χ1n) is 6.65. The van der Waals surface area contributed by atoms with Crippen molar-refractivity contribution < 1.29 is 0 Å². The number of fused-ring (bicyclic) bond motifs is 1. The van der Waals surface area contributed by atoms with E-state index in [1.807, 2.05) is 12.5 Å². The van der Waals surface area contributed by atoms with Gasteiger partial charge in [-0.3, -0.25) is 4.90 Å². The summed E-state index contributed by atoms with van der Waals surface area (Å²) < 4.78 is 0. The average molecular weight is 357 g/mol. The van der Waals surface area contributed by atoms with E-state index in [9.17, 15) is 0 Å². The number of nitrogen functional groups attached to an aromatic ring is 1. The number of hydrogen-bond donors (Lipinski definition) is 1. The van der Waals surface area contributed by atoms with Crippen LogP contribution in [0.25, 0.3) is 0 Å². The van der Waals surface area contributed by atoms with Crippen LogP contribution in [0.5, 0.6) is 0 Å². The van der Waals surface area contributed by atoms with Gasteiger partial charge in [-0.15, -0.1) is 0 Å². The van der Waals surface area contributed by atoms with E-state index in [2.05, 4.69) is 24.8 Å². The summed E-state index contributed by atoms with van der Waals surface area (Å²) in [5.41, 5.74) is 8.47. The van der Waals surface area contributed by atoms with E-state index in [1.54, 1.807) is 11.8 Å². The Morgan fingerprint density at radius 2 is 2.00 bits per heavy atom. The second-order valence-corrected chi connectivity index (χ2v) is 6.42. The van der Waals surface area contributed by atoms with Crippen molar-refractivity contribution in [2.45, 2.75) is 24.7 Å². The fourth-order valence-electron chi connectivity index (χ4n) is 2.39. The number of rotatable bonds is 3. The molecule has 0 saturated carbocycles. The molecule has 9 heteroatoms. The average Bonchev–Trinajstić information content (AvgIpc) is 2.50. The van der Waals surface area contributed by atoms with Gasteiger partial charge in [-0.2, -0.15) is 0 Å². The Kier molecular flexibility index (Phi) is 4.67. The summed E-state index contributed by atoms with van der Waals surface area (Å²) in [6, 6.07) is 0. The highest BCUT2D eigenvalue weighted by Gasteiger charge is 2.21. The normalized spacial score (nSPS) is 14.9. The van der Waals surface area contributed by atoms with Crippen molar-refractivity contribution in [1.29, 1.82) is 0 Å². The van der Waals surface area contributed by atoms with Crippen LogP contribution in [0.3, 0.4) is 0 Å². The molecule has 0 aliphatic carbocycles. The van der Waals surface area contributed by atoms with Crippen molar-refractivity contribution in [3.8, 4) is 0 Å². The molecular weight excluding hydrogens is 343 g/mol. The maximum absolute atomic E-state index is 6.12. The molecule has 0 spiro atoms. The first-order valence-corrected chi connectivity index (χ1v) is 8.63. The van der Waals surface area contributed by atoms with E-state index >= 15 is 0 Å². The highest BCUT2D eigenvalue weighted by Crippen LogP contribution is 2.26. The summed E-state index contributed by atoms with van der Waals surface area (Å²) in [6.45, 7) is 2.19.